The first kappa shape index (κ1) is 15.6. The molecule has 2 N–H and O–H groups in total. The van der Waals surface area contributed by atoms with Crippen LogP contribution in [-0.4, -0.2) is 68.0 Å². The maximum absolute atomic E-state index is 12.3. The molecule has 3 amide bonds. The molecule has 0 aliphatic carbocycles. The zero-order chi connectivity index (χ0) is 16.4. The molecule has 8 nitrogen and oxygen atoms in total. The number of nitrogens with one attached hydrogen (secondary N) is 1. The highest BCUT2D eigenvalue weighted by atomic mass is 16.5. The van der Waals surface area contributed by atoms with Crippen molar-refractivity contribution in [1.29, 1.82) is 0 Å². The second-order valence-corrected chi connectivity index (χ2v) is 5.53. The molecule has 0 saturated carbocycles. The van der Waals surface area contributed by atoms with Crippen molar-refractivity contribution in [3.05, 3.63) is 18.2 Å². The van der Waals surface area contributed by atoms with Crippen molar-refractivity contribution in [2.45, 2.75) is 6.10 Å². The summed E-state index contributed by atoms with van der Waals surface area (Å²) in [7, 11) is 1.66. The van der Waals surface area contributed by atoms with E-state index in [9.17, 15) is 14.7 Å². The molecule has 1 fully saturated rings. The van der Waals surface area contributed by atoms with Crippen molar-refractivity contribution in [3.8, 4) is 5.75 Å². The number of β-amino-alcohol motifs (C(OH)–C–C–N with tert-alkyl or cyclic N) is 1. The zero-order valence-electron chi connectivity index (χ0n) is 12.8. The summed E-state index contributed by atoms with van der Waals surface area (Å²) in [4.78, 5) is 27.0. The third kappa shape index (κ3) is 3.38. The Morgan fingerprint density at radius 1 is 1.43 bits per heavy atom. The van der Waals surface area contributed by atoms with E-state index in [1.165, 1.54) is 9.80 Å². The lowest BCUT2D eigenvalue weighted by Gasteiger charge is -2.27. The van der Waals surface area contributed by atoms with Crippen LogP contribution in [0, 0.1) is 0 Å². The molecule has 124 valence electrons. The molecule has 23 heavy (non-hydrogen) atoms. The fourth-order valence-electron chi connectivity index (χ4n) is 2.53. The summed E-state index contributed by atoms with van der Waals surface area (Å²) in [6.45, 7) is 1.26. The normalized spacial score (nSPS) is 21.3. The molecule has 1 saturated heterocycles. The van der Waals surface area contributed by atoms with E-state index < -0.39 is 6.10 Å². The fourth-order valence-corrected chi connectivity index (χ4v) is 2.53. The number of nitrogens with zero attached hydrogens (tertiary/aromatic N) is 2. The highest BCUT2D eigenvalue weighted by molar-refractivity contribution is 5.99. The van der Waals surface area contributed by atoms with Gasteiger partial charge in [0.1, 0.15) is 5.75 Å². The van der Waals surface area contributed by atoms with Crippen molar-refractivity contribution in [2.75, 3.05) is 50.2 Å². The second kappa shape index (κ2) is 6.43. The molecule has 1 aromatic rings. The van der Waals surface area contributed by atoms with E-state index in [0.717, 1.165) is 0 Å². The molecule has 0 aromatic heterocycles. The van der Waals surface area contributed by atoms with Gasteiger partial charge in [-0.1, -0.05) is 0 Å². The van der Waals surface area contributed by atoms with Crippen molar-refractivity contribution >= 4 is 23.3 Å². The smallest absolute Gasteiger partial charge is 0.322 e. The fraction of sp³-hybridized carbons (Fsp3) is 0.467. The number of fused-ring (bicyclic) bond motifs is 1. The molecule has 2 aliphatic rings. The number of hydrogen-bond acceptors (Lipinski definition) is 5. The third-order valence-electron chi connectivity index (χ3n) is 3.83. The number of anilines is 2. The van der Waals surface area contributed by atoms with Crippen LogP contribution < -0.4 is 15.0 Å². The average Bonchev–Trinajstić information content (AvgIpc) is 2.76. The van der Waals surface area contributed by atoms with E-state index in [-0.39, 0.29) is 31.7 Å². The Morgan fingerprint density at radius 2 is 2.26 bits per heavy atom. The van der Waals surface area contributed by atoms with Gasteiger partial charge in [0.05, 0.1) is 31.5 Å². The van der Waals surface area contributed by atoms with E-state index in [1.807, 2.05) is 0 Å². The minimum absolute atomic E-state index is 0.0148. The summed E-state index contributed by atoms with van der Waals surface area (Å²) >= 11 is 0. The summed E-state index contributed by atoms with van der Waals surface area (Å²) in [6, 6.07) is 4.80. The molecule has 0 radical (unpaired) electrons. The lowest BCUT2D eigenvalue weighted by Crippen LogP contribution is -2.40. The molecule has 2 heterocycles. The Balaban J connectivity index is 1.73. The van der Waals surface area contributed by atoms with Crippen molar-refractivity contribution in [3.63, 3.8) is 0 Å². The van der Waals surface area contributed by atoms with Crippen molar-refractivity contribution < 1.29 is 24.2 Å². The van der Waals surface area contributed by atoms with Crippen LogP contribution >= 0.6 is 0 Å². The quantitative estimate of drug-likeness (QED) is 0.774. The topological polar surface area (TPSA) is 91.3 Å². The average molecular weight is 321 g/mol. The Bertz CT molecular complexity index is 621. The van der Waals surface area contributed by atoms with Crippen LogP contribution in [0.3, 0.4) is 0 Å². The number of hydrogen-bond donors (Lipinski definition) is 2. The van der Waals surface area contributed by atoms with E-state index in [0.29, 0.717) is 30.3 Å². The summed E-state index contributed by atoms with van der Waals surface area (Å²) in [5.74, 6) is 0.456. The summed E-state index contributed by atoms with van der Waals surface area (Å²) < 4.78 is 10.6. The molecule has 3 rings (SSSR count). The van der Waals surface area contributed by atoms with E-state index in [4.69, 9.17) is 9.47 Å². The van der Waals surface area contributed by atoms with Crippen molar-refractivity contribution in [1.82, 2.24) is 4.90 Å². The largest absolute Gasteiger partial charge is 0.482 e. The number of ether oxygens (including phenoxy) is 2. The van der Waals surface area contributed by atoms with Gasteiger partial charge in [0.15, 0.2) is 6.61 Å². The maximum Gasteiger partial charge on any atom is 0.322 e. The van der Waals surface area contributed by atoms with Crippen LogP contribution in [0.5, 0.6) is 5.75 Å². The number of amides is 3. The van der Waals surface area contributed by atoms with Crippen LogP contribution in [0.2, 0.25) is 0 Å². The van der Waals surface area contributed by atoms with Gasteiger partial charge in [-0.2, -0.15) is 0 Å². The molecule has 2 aliphatic heterocycles. The van der Waals surface area contributed by atoms with E-state index in [2.05, 4.69) is 5.32 Å². The summed E-state index contributed by atoms with van der Waals surface area (Å²) in [5, 5.41) is 12.5. The molecular weight excluding hydrogens is 302 g/mol. The molecule has 1 aromatic carbocycles. The SMILES string of the molecule is CN1C(=O)COc2ccc(NC(=O)N3CCOCC(O)C3)cc21. The summed E-state index contributed by atoms with van der Waals surface area (Å²) in [6.07, 6.45) is -0.691. The number of likely N-dealkylation sites (N-methyl/N-ethyl adjacent to an activating group) is 1. The molecule has 1 atom stereocenters. The second-order valence-electron chi connectivity index (χ2n) is 5.53. The minimum Gasteiger partial charge on any atom is -0.482 e. The number of benzene rings is 1. The first-order valence-corrected chi connectivity index (χ1v) is 7.40. The Morgan fingerprint density at radius 3 is 3.09 bits per heavy atom. The van der Waals surface area contributed by atoms with Crippen LogP contribution in [-0.2, 0) is 9.53 Å². The highest BCUT2D eigenvalue weighted by Crippen LogP contribution is 2.33. The minimum atomic E-state index is -0.691. The number of rotatable bonds is 1. The molecule has 8 heteroatoms. The predicted octanol–water partition coefficient (Wildman–Crippen LogP) is 0.267. The zero-order valence-corrected chi connectivity index (χ0v) is 12.8. The Labute approximate surface area is 133 Å². The van der Waals surface area contributed by atoms with Gasteiger partial charge in [0.2, 0.25) is 0 Å². The number of carbonyl (C=O) groups is 2. The van der Waals surface area contributed by atoms with E-state index >= 15 is 0 Å². The van der Waals surface area contributed by atoms with Crippen LogP contribution in [0.1, 0.15) is 0 Å². The first-order valence-electron chi connectivity index (χ1n) is 7.40. The first-order chi connectivity index (χ1) is 11.0. The lowest BCUT2D eigenvalue weighted by molar-refractivity contribution is -0.120. The van der Waals surface area contributed by atoms with Crippen molar-refractivity contribution in [2.24, 2.45) is 0 Å². The van der Waals surface area contributed by atoms with Gasteiger partial charge in [-0.05, 0) is 18.2 Å². The maximum atomic E-state index is 12.3. The van der Waals surface area contributed by atoms with Gasteiger partial charge in [-0.3, -0.25) is 4.79 Å². The monoisotopic (exact) mass is 321 g/mol. The van der Waals surface area contributed by atoms with Gasteiger partial charge >= 0.3 is 6.03 Å². The van der Waals surface area contributed by atoms with E-state index in [1.54, 1.807) is 25.2 Å². The van der Waals surface area contributed by atoms with Gasteiger partial charge < -0.3 is 29.7 Å². The molecule has 0 spiro atoms. The van der Waals surface area contributed by atoms with Crippen LogP contribution in [0.15, 0.2) is 18.2 Å². The standard InChI is InChI=1S/C15H19N3O5/c1-17-12-6-10(2-3-13(12)23-9-14(17)20)16-15(21)18-4-5-22-8-11(19)7-18/h2-3,6,11,19H,4-5,7-9H2,1H3,(H,16,21). The molecule has 0 bridgehead atoms. The molecule has 1 unspecified atom stereocenters. The lowest BCUT2D eigenvalue weighted by atomic mass is 10.2. The van der Waals surface area contributed by atoms with Crippen LogP contribution in [0.4, 0.5) is 16.2 Å². The Kier molecular flexibility index (Phi) is 4.35. The van der Waals surface area contributed by atoms with Gasteiger partial charge in [-0.15, -0.1) is 0 Å². The summed E-state index contributed by atoms with van der Waals surface area (Å²) in [5.41, 5.74) is 1.16. The third-order valence-corrected chi connectivity index (χ3v) is 3.83. The number of aliphatic hydroxyl groups is 1. The van der Waals surface area contributed by atoms with Crippen LogP contribution in [0.25, 0.3) is 0 Å². The van der Waals surface area contributed by atoms with Gasteiger partial charge in [0.25, 0.3) is 5.91 Å². The van der Waals surface area contributed by atoms with Gasteiger partial charge in [-0.25, -0.2) is 4.79 Å². The number of carbonyl (C=O) groups excluding carboxylic acids is 2. The molecular formula is C15H19N3O5. The number of aliphatic hydroxyl groups excluding tert-OH is 1. The highest BCUT2D eigenvalue weighted by Gasteiger charge is 2.24. The number of urea groups is 1. The van der Waals surface area contributed by atoms with Gasteiger partial charge in [0, 0.05) is 19.3 Å². The Hall–Kier alpha value is -2.32. The predicted molar refractivity (Wildman–Crippen MR) is 82.8 cm³/mol.